The van der Waals surface area contributed by atoms with Crippen molar-refractivity contribution < 1.29 is 18.8 Å². The van der Waals surface area contributed by atoms with Crippen LogP contribution < -0.4 is 5.32 Å². The van der Waals surface area contributed by atoms with Crippen molar-refractivity contribution in [2.75, 3.05) is 11.9 Å². The van der Waals surface area contributed by atoms with Crippen molar-refractivity contribution in [3.8, 4) is 0 Å². The number of rotatable bonds is 7. The standard InChI is InChI=1S/C21H20Cl2N4O4/c1-12-9-19(26-31-12)24-20(28)11-30-21(29)8-7-15-13(2)25-27(14(15)3)10-16-17(22)5-4-6-18(16)23/h4-9H,10-11H2,1-3H3,(H,24,26,28)/b8-7+. The third-order valence-electron chi connectivity index (χ3n) is 4.43. The topological polar surface area (TPSA) is 99.2 Å². The number of nitrogens with one attached hydrogen (secondary N) is 1. The van der Waals surface area contributed by atoms with Crippen molar-refractivity contribution >= 4 is 47.0 Å². The average Bonchev–Trinajstić information content (AvgIpc) is 3.23. The smallest absolute Gasteiger partial charge is 0.331 e. The van der Waals surface area contributed by atoms with E-state index in [0.717, 1.165) is 22.5 Å². The number of hydrogen-bond donors (Lipinski definition) is 1. The molecule has 31 heavy (non-hydrogen) atoms. The number of benzene rings is 1. The zero-order valence-electron chi connectivity index (χ0n) is 17.1. The van der Waals surface area contributed by atoms with Gasteiger partial charge in [0.2, 0.25) is 0 Å². The number of esters is 1. The van der Waals surface area contributed by atoms with E-state index in [1.54, 1.807) is 41.9 Å². The highest BCUT2D eigenvalue weighted by Gasteiger charge is 2.14. The molecule has 0 aliphatic heterocycles. The van der Waals surface area contributed by atoms with Gasteiger partial charge in [0.25, 0.3) is 5.91 Å². The summed E-state index contributed by atoms with van der Waals surface area (Å²) in [7, 11) is 0. The monoisotopic (exact) mass is 462 g/mol. The number of carbonyl (C=O) groups excluding carboxylic acids is 2. The van der Waals surface area contributed by atoms with Crippen LogP contribution in [0, 0.1) is 20.8 Å². The third-order valence-corrected chi connectivity index (χ3v) is 5.14. The Kier molecular flexibility index (Phi) is 7.14. The molecular weight excluding hydrogens is 443 g/mol. The summed E-state index contributed by atoms with van der Waals surface area (Å²) in [5.74, 6) is -0.372. The van der Waals surface area contributed by atoms with Gasteiger partial charge in [0.05, 0.1) is 12.2 Å². The molecule has 0 aliphatic rings. The van der Waals surface area contributed by atoms with Crippen molar-refractivity contribution in [1.29, 1.82) is 0 Å². The molecule has 162 valence electrons. The third kappa shape index (κ3) is 5.74. The number of nitrogens with zero attached hydrogens (tertiary/aromatic N) is 3. The van der Waals surface area contributed by atoms with Crippen molar-refractivity contribution in [2.24, 2.45) is 0 Å². The Bertz CT molecular complexity index is 1130. The summed E-state index contributed by atoms with van der Waals surface area (Å²) in [5, 5.41) is 11.7. The van der Waals surface area contributed by atoms with Gasteiger partial charge in [0.15, 0.2) is 12.4 Å². The number of hydrogen-bond acceptors (Lipinski definition) is 6. The maximum Gasteiger partial charge on any atom is 0.331 e. The number of halogens is 2. The Labute approximate surface area is 188 Å². The van der Waals surface area contributed by atoms with E-state index in [4.69, 9.17) is 32.5 Å². The molecule has 1 N–H and O–H groups in total. The summed E-state index contributed by atoms with van der Waals surface area (Å²) in [6, 6.07) is 6.87. The number of ether oxygens (including phenoxy) is 1. The fraction of sp³-hybridized carbons (Fsp3) is 0.238. The van der Waals surface area contributed by atoms with Crippen LogP contribution in [0.3, 0.4) is 0 Å². The highest BCUT2D eigenvalue weighted by molar-refractivity contribution is 6.35. The second-order valence-corrected chi connectivity index (χ2v) is 7.57. The fourth-order valence-electron chi connectivity index (χ4n) is 2.88. The van der Waals surface area contributed by atoms with E-state index in [1.807, 2.05) is 13.8 Å². The Balaban J connectivity index is 1.61. The first kappa shape index (κ1) is 22.6. The lowest BCUT2D eigenvalue weighted by molar-refractivity contribution is -0.142. The van der Waals surface area contributed by atoms with Gasteiger partial charge in [0.1, 0.15) is 5.76 Å². The first-order valence-electron chi connectivity index (χ1n) is 9.29. The van der Waals surface area contributed by atoms with Gasteiger partial charge < -0.3 is 14.6 Å². The van der Waals surface area contributed by atoms with Crippen LogP contribution in [0.4, 0.5) is 5.82 Å². The fourth-order valence-corrected chi connectivity index (χ4v) is 3.40. The second kappa shape index (κ2) is 9.80. The summed E-state index contributed by atoms with van der Waals surface area (Å²) in [6.07, 6.45) is 2.85. The van der Waals surface area contributed by atoms with Crippen molar-refractivity contribution in [3.63, 3.8) is 0 Å². The quantitative estimate of drug-likeness (QED) is 0.413. The molecule has 3 rings (SSSR count). The van der Waals surface area contributed by atoms with E-state index in [0.29, 0.717) is 22.4 Å². The van der Waals surface area contributed by atoms with Gasteiger partial charge in [0, 0.05) is 39.0 Å². The van der Waals surface area contributed by atoms with E-state index in [-0.39, 0.29) is 5.82 Å². The van der Waals surface area contributed by atoms with Crippen LogP contribution >= 0.6 is 23.2 Å². The molecule has 0 fully saturated rings. The van der Waals surface area contributed by atoms with Gasteiger partial charge in [-0.3, -0.25) is 9.48 Å². The molecule has 8 nitrogen and oxygen atoms in total. The molecule has 0 aliphatic carbocycles. The van der Waals surface area contributed by atoms with E-state index < -0.39 is 18.5 Å². The van der Waals surface area contributed by atoms with Crippen LogP contribution in [-0.2, 0) is 20.9 Å². The number of amides is 1. The van der Waals surface area contributed by atoms with Gasteiger partial charge in [-0.1, -0.05) is 34.4 Å². The van der Waals surface area contributed by atoms with E-state index in [9.17, 15) is 9.59 Å². The first-order valence-corrected chi connectivity index (χ1v) is 10.0. The molecule has 0 spiro atoms. The zero-order chi connectivity index (χ0) is 22.5. The molecule has 10 heteroatoms. The number of aryl methyl sites for hydroxylation is 2. The highest BCUT2D eigenvalue weighted by Crippen LogP contribution is 2.26. The van der Waals surface area contributed by atoms with E-state index in [1.165, 1.54) is 6.08 Å². The maximum absolute atomic E-state index is 12.0. The Hall–Kier alpha value is -3.10. The predicted molar refractivity (Wildman–Crippen MR) is 117 cm³/mol. The summed E-state index contributed by atoms with van der Waals surface area (Å²) in [4.78, 5) is 23.8. The van der Waals surface area contributed by atoms with Gasteiger partial charge in [-0.25, -0.2) is 4.79 Å². The minimum Gasteiger partial charge on any atom is -0.452 e. The van der Waals surface area contributed by atoms with Crippen LogP contribution in [0.1, 0.15) is 28.3 Å². The molecular formula is C21H20Cl2N4O4. The van der Waals surface area contributed by atoms with Crippen molar-refractivity contribution in [1.82, 2.24) is 14.9 Å². The molecule has 0 saturated carbocycles. The normalized spacial score (nSPS) is 11.1. The predicted octanol–water partition coefficient (Wildman–Crippen LogP) is 4.35. The average molecular weight is 463 g/mol. The highest BCUT2D eigenvalue weighted by atomic mass is 35.5. The minimum atomic E-state index is -0.660. The molecule has 2 aromatic heterocycles. The minimum absolute atomic E-state index is 0.256. The Morgan fingerprint density at radius 3 is 2.58 bits per heavy atom. The van der Waals surface area contributed by atoms with Crippen molar-refractivity contribution in [3.05, 3.63) is 68.7 Å². The van der Waals surface area contributed by atoms with Gasteiger partial charge in [-0.2, -0.15) is 5.10 Å². The molecule has 0 atom stereocenters. The molecule has 0 bridgehead atoms. The van der Waals surface area contributed by atoms with Gasteiger partial charge >= 0.3 is 5.97 Å². The largest absolute Gasteiger partial charge is 0.452 e. The molecule has 0 saturated heterocycles. The van der Waals surface area contributed by atoms with Crippen LogP contribution in [0.5, 0.6) is 0 Å². The first-order chi connectivity index (χ1) is 14.7. The lowest BCUT2D eigenvalue weighted by Gasteiger charge is -2.09. The lowest BCUT2D eigenvalue weighted by atomic mass is 10.1. The molecule has 1 amide bonds. The van der Waals surface area contributed by atoms with E-state index in [2.05, 4.69) is 15.6 Å². The molecule has 1 aromatic carbocycles. The Morgan fingerprint density at radius 1 is 1.23 bits per heavy atom. The lowest BCUT2D eigenvalue weighted by Crippen LogP contribution is -2.20. The summed E-state index contributed by atoms with van der Waals surface area (Å²) in [5.41, 5.74) is 3.09. The van der Waals surface area contributed by atoms with Crippen LogP contribution in [0.25, 0.3) is 6.08 Å². The van der Waals surface area contributed by atoms with Crippen LogP contribution in [-0.4, -0.2) is 33.4 Å². The molecule has 3 aromatic rings. The number of aromatic nitrogens is 3. The zero-order valence-corrected chi connectivity index (χ0v) is 18.6. The van der Waals surface area contributed by atoms with Crippen LogP contribution in [0.2, 0.25) is 10.0 Å². The molecule has 2 heterocycles. The second-order valence-electron chi connectivity index (χ2n) is 6.75. The summed E-state index contributed by atoms with van der Waals surface area (Å²) < 4.78 is 11.6. The van der Waals surface area contributed by atoms with Crippen LogP contribution in [0.15, 0.2) is 34.9 Å². The van der Waals surface area contributed by atoms with E-state index >= 15 is 0 Å². The van der Waals surface area contributed by atoms with Gasteiger partial charge in [-0.05, 0) is 39.0 Å². The Morgan fingerprint density at radius 2 is 1.94 bits per heavy atom. The van der Waals surface area contributed by atoms with Gasteiger partial charge in [-0.15, -0.1) is 0 Å². The molecule has 0 unspecified atom stereocenters. The van der Waals surface area contributed by atoms with Crippen molar-refractivity contribution in [2.45, 2.75) is 27.3 Å². The molecule has 0 radical (unpaired) electrons. The summed E-state index contributed by atoms with van der Waals surface area (Å²) >= 11 is 12.5. The number of anilines is 1. The number of carbonyl (C=O) groups is 2. The maximum atomic E-state index is 12.0. The summed E-state index contributed by atoms with van der Waals surface area (Å²) in [6.45, 7) is 5.35. The SMILES string of the molecule is Cc1cc(NC(=O)COC(=O)/C=C/c2c(C)nn(Cc3c(Cl)cccc3Cl)c2C)no1.